The zero-order chi connectivity index (χ0) is 43.3. The molecule has 0 bridgehead atoms. The molecule has 0 aromatic heterocycles. The summed E-state index contributed by atoms with van der Waals surface area (Å²) in [6, 6.07) is 88.1. The molecule has 10 aromatic carbocycles. The van der Waals surface area contributed by atoms with Gasteiger partial charge in [0.05, 0.1) is 11.1 Å². The maximum atomic E-state index is 2.48. The van der Waals surface area contributed by atoms with Gasteiger partial charge in [-0.15, -0.1) is 0 Å². The lowest BCUT2D eigenvalue weighted by molar-refractivity contribution is 0.660. The Kier molecular flexibility index (Phi) is 8.24. The summed E-state index contributed by atoms with van der Waals surface area (Å²) >= 11 is 0. The Labute approximate surface area is 381 Å². The monoisotopic (exact) mass is 827 g/mol. The Morgan fingerprint density at radius 1 is 0.277 bits per heavy atom. The van der Waals surface area contributed by atoms with Crippen molar-refractivity contribution in [3.05, 3.63) is 270 Å². The van der Waals surface area contributed by atoms with Gasteiger partial charge in [-0.2, -0.15) is 0 Å². The second-order valence-electron chi connectivity index (χ2n) is 18.4. The molecule has 0 radical (unpaired) electrons. The van der Waals surface area contributed by atoms with Gasteiger partial charge in [-0.3, -0.25) is 0 Å². The second-order valence-corrected chi connectivity index (χ2v) is 18.4. The molecule has 0 aliphatic heterocycles. The lowest BCUT2D eigenvalue weighted by Crippen LogP contribution is -2.25. The van der Waals surface area contributed by atoms with Gasteiger partial charge in [-0.1, -0.05) is 214 Å². The van der Waals surface area contributed by atoms with Crippen molar-refractivity contribution in [3.8, 4) is 66.8 Å². The van der Waals surface area contributed by atoms with Crippen molar-refractivity contribution in [1.82, 2.24) is 0 Å². The smallest absolute Gasteiger partial charge is 0.0725 e. The van der Waals surface area contributed by atoms with Crippen LogP contribution >= 0.6 is 0 Å². The van der Waals surface area contributed by atoms with Crippen LogP contribution in [0.3, 0.4) is 0 Å². The molecule has 1 spiro atoms. The minimum Gasteiger partial charge on any atom is -0.310 e. The zero-order valence-electron chi connectivity index (χ0n) is 36.5. The highest BCUT2D eigenvalue weighted by molar-refractivity contribution is 6.00. The Bertz CT molecular complexity index is 3460. The first-order valence-electron chi connectivity index (χ1n) is 22.8. The summed E-state index contributed by atoms with van der Waals surface area (Å²) < 4.78 is 0. The van der Waals surface area contributed by atoms with Crippen molar-refractivity contribution in [2.24, 2.45) is 0 Å². The quantitative estimate of drug-likeness (QED) is 0.161. The van der Waals surface area contributed by atoms with Crippen LogP contribution < -0.4 is 4.90 Å². The summed E-state index contributed by atoms with van der Waals surface area (Å²) in [5.41, 5.74) is 26.1. The van der Waals surface area contributed by atoms with Crippen LogP contribution in [-0.4, -0.2) is 0 Å². The number of hydrogen-bond donors (Lipinski definition) is 0. The number of benzene rings is 10. The third-order valence-electron chi connectivity index (χ3n) is 14.7. The maximum absolute atomic E-state index is 2.48. The van der Waals surface area contributed by atoms with Crippen LogP contribution in [-0.2, 0) is 10.8 Å². The van der Waals surface area contributed by atoms with E-state index in [1.165, 1.54) is 100 Å². The van der Waals surface area contributed by atoms with Crippen LogP contribution in [0.15, 0.2) is 237 Å². The second kappa shape index (κ2) is 14.3. The fourth-order valence-electron chi connectivity index (χ4n) is 11.8. The van der Waals surface area contributed by atoms with Gasteiger partial charge in [-0.25, -0.2) is 0 Å². The van der Waals surface area contributed by atoms with E-state index in [0.717, 1.165) is 17.1 Å². The highest BCUT2D eigenvalue weighted by Gasteiger charge is 2.52. The molecule has 0 unspecified atom stereocenters. The molecule has 65 heavy (non-hydrogen) atoms. The van der Waals surface area contributed by atoms with Gasteiger partial charge < -0.3 is 4.90 Å². The van der Waals surface area contributed by atoms with Gasteiger partial charge in [-0.05, 0) is 131 Å². The number of nitrogens with zero attached hydrogens (tertiary/aromatic N) is 1. The molecular weight excluding hydrogens is 783 g/mol. The topological polar surface area (TPSA) is 3.24 Å². The number of hydrogen-bond acceptors (Lipinski definition) is 1. The van der Waals surface area contributed by atoms with Crippen molar-refractivity contribution >= 4 is 17.1 Å². The summed E-state index contributed by atoms with van der Waals surface area (Å²) in [5.74, 6) is 0. The fourth-order valence-corrected chi connectivity index (χ4v) is 11.8. The van der Waals surface area contributed by atoms with Crippen molar-refractivity contribution in [3.63, 3.8) is 0 Å². The van der Waals surface area contributed by atoms with Crippen LogP contribution in [0.2, 0.25) is 0 Å². The first-order chi connectivity index (χ1) is 32.0. The fraction of sp³-hybridized carbons (Fsp3) is 0.0625. The van der Waals surface area contributed by atoms with Crippen LogP contribution in [0.4, 0.5) is 17.1 Å². The molecule has 0 saturated carbocycles. The van der Waals surface area contributed by atoms with Gasteiger partial charge in [0, 0.05) is 22.4 Å². The third kappa shape index (κ3) is 5.39. The largest absolute Gasteiger partial charge is 0.310 e. The first-order valence-corrected chi connectivity index (χ1v) is 22.8. The van der Waals surface area contributed by atoms with Crippen molar-refractivity contribution < 1.29 is 0 Å². The highest BCUT2D eigenvalue weighted by Crippen LogP contribution is 2.64. The van der Waals surface area contributed by atoms with Crippen LogP contribution in [0.5, 0.6) is 0 Å². The summed E-state index contributed by atoms with van der Waals surface area (Å²) in [6.07, 6.45) is 0. The van der Waals surface area contributed by atoms with E-state index in [2.05, 4.69) is 255 Å². The van der Waals surface area contributed by atoms with Crippen molar-refractivity contribution in [2.75, 3.05) is 4.90 Å². The maximum Gasteiger partial charge on any atom is 0.0725 e. The molecule has 1 heteroatoms. The SMILES string of the molecule is CC1(C)c2ccccc2-c2ccc(N(c3ccc(-c4cccc5c4-c4ccccc4C54c5ccccc5-c5ccccc54)cc3)c3ccc(-c4ccccc4)cc3-c3ccccc3)cc21. The van der Waals surface area contributed by atoms with Gasteiger partial charge in [0.15, 0.2) is 0 Å². The molecular formula is C64H45N. The molecule has 0 N–H and O–H groups in total. The molecule has 306 valence electrons. The molecule has 10 aromatic rings. The van der Waals surface area contributed by atoms with Crippen molar-refractivity contribution in [1.29, 1.82) is 0 Å². The van der Waals surface area contributed by atoms with Crippen LogP contribution in [0.1, 0.15) is 47.2 Å². The molecule has 0 atom stereocenters. The molecule has 0 saturated heterocycles. The Morgan fingerprint density at radius 3 is 1.40 bits per heavy atom. The third-order valence-corrected chi connectivity index (χ3v) is 14.7. The minimum absolute atomic E-state index is 0.140. The molecule has 13 rings (SSSR count). The molecule has 3 aliphatic rings. The van der Waals surface area contributed by atoms with Gasteiger partial charge in [0.25, 0.3) is 0 Å². The average Bonchev–Trinajstić information content (AvgIpc) is 3.93. The number of rotatable bonds is 6. The predicted octanol–water partition coefficient (Wildman–Crippen LogP) is 16.8. The van der Waals surface area contributed by atoms with E-state index >= 15 is 0 Å². The van der Waals surface area contributed by atoms with Crippen LogP contribution in [0.25, 0.3) is 66.8 Å². The van der Waals surface area contributed by atoms with E-state index in [1.54, 1.807) is 0 Å². The summed E-state index contributed by atoms with van der Waals surface area (Å²) in [6.45, 7) is 4.74. The van der Waals surface area contributed by atoms with E-state index < -0.39 is 0 Å². The first kappa shape index (κ1) is 37.5. The highest BCUT2D eigenvalue weighted by atomic mass is 15.1. The lowest BCUT2D eigenvalue weighted by atomic mass is 9.70. The summed E-state index contributed by atoms with van der Waals surface area (Å²) in [4.78, 5) is 2.48. The zero-order valence-corrected chi connectivity index (χ0v) is 36.5. The van der Waals surface area contributed by atoms with E-state index in [-0.39, 0.29) is 10.8 Å². The molecule has 0 heterocycles. The number of anilines is 3. The van der Waals surface area contributed by atoms with Crippen molar-refractivity contribution in [2.45, 2.75) is 24.7 Å². The van der Waals surface area contributed by atoms with Crippen LogP contribution in [0, 0.1) is 0 Å². The van der Waals surface area contributed by atoms with Gasteiger partial charge in [0.2, 0.25) is 0 Å². The Balaban J connectivity index is 1.00. The average molecular weight is 828 g/mol. The Morgan fingerprint density at radius 2 is 0.738 bits per heavy atom. The summed E-state index contributed by atoms with van der Waals surface area (Å²) in [5, 5.41) is 0. The van der Waals surface area contributed by atoms with E-state index in [4.69, 9.17) is 0 Å². The normalized spacial score (nSPS) is 13.9. The summed E-state index contributed by atoms with van der Waals surface area (Å²) in [7, 11) is 0. The standard InChI is InChI=1S/C64H45N/c1-63(2)55-27-13-9-22-49(55)52-38-37-47(41-60(52)63)65(61-39-34-45(42-18-5-3-6-19-42)40-54(61)43-20-7-4-8-21-43)46-35-32-44(33-36-46)48-26-17-31-59-62(48)53-25-12-16-30-58(53)64(59)56-28-14-10-23-50(56)51-24-11-15-29-57(51)64/h3-41H,1-2H3. The Hall–Kier alpha value is -8.00. The molecule has 1 nitrogen and oxygen atoms in total. The van der Waals surface area contributed by atoms with E-state index in [1.807, 2.05) is 0 Å². The number of fused-ring (bicyclic) bond motifs is 13. The lowest BCUT2D eigenvalue weighted by Gasteiger charge is -2.30. The minimum atomic E-state index is -0.382. The van der Waals surface area contributed by atoms with Gasteiger partial charge in [0.1, 0.15) is 0 Å². The van der Waals surface area contributed by atoms with E-state index in [9.17, 15) is 0 Å². The molecule has 0 fully saturated rings. The molecule has 3 aliphatic carbocycles. The van der Waals surface area contributed by atoms with E-state index in [0.29, 0.717) is 0 Å². The predicted molar refractivity (Wildman–Crippen MR) is 271 cm³/mol. The molecule has 0 amide bonds. The van der Waals surface area contributed by atoms with Gasteiger partial charge >= 0.3 is 0 Å².